The van der Waals surface area contributed by atoms with Crippen LogP contribution in [0.15, 0.2) is 12.7 Å². The van der Waals surface area contributed by atoms with Gasteiger partial charge in [-0.15, -0.1) is 0 Å². The molecule has 0 bridgehead atoms. The SMILES string of the molecule is C=CCOC(=O)N[C@@H]1[C@@H](O)[C@H](O[C@@H]2O[C@H](CO)[C@H](O)[C@H](O)[C@H]2O)[C@@H](CO)O[C@H]1O. The minimum atomic E-state index is -1.77. The lowest BCUT2D eigenvalue weighted by molar-refractivity contribution is -0.345. The van der Waals surface area contributed by atoms with Gasteiger partial charge in [-0.2, -0.15) is 0 Å². The van der Waals surface area contributed by atoms with Gasteiger partial charge in [0.15, 0.2) is 12.6 Å². The number of carbonyl (C=O) groups excluding carboxylic acids is 1. The van der Waals surface area contributed by atoms with Gasteiger partial charge in [-0.25, -0.2) is 4.79 Å². The lowest BCUT2D eigenvalue weighted by Gasteiger charge is -2.46. The fourth-order valence-corrected chi connectivity index (χ4v) is 3.05. The highest BCUT2D eigenvalue weighted by molar-refractivity contribution is 5.67. The molecule has 0 spiro atoms. The summed E-state index contributed by atoms with van der Waals surface area (Å²) in [5.41, 5.74) is 0. The average molecular weight is 425 g/mol. The van der Waals surface area contributed by atoms with E-state index in [1.54, 1.807) is 0 Å². The topological polar surface area (TPSA) is 208 Å². The molecule has 0 saturated carbocycles. The summed E-state index contributed by atoms with van der Waals surface area (Å²) in [6.45, 7) is 1.82. The monoisotopic (exact) mass is 425 g/mol. The Morgan fingerprint density at radius 1 is 0.966 bits per heavy atom. The standard InChI is InChI=1S/C16H27NO12/c1-2-3-26-16(25)17-8-10(21)13(7(5-19)27-14(8)24)29-15-12(23)11(22)9(20)6(4-18)28-15/h2,6-15,18-24H,1,3-5H2,(H,17,25)/t6-,7-,8-,9+,10-,11+,12-,13-,14-,15+/m1/s1. The van der Waals surface area contributed by atoms with Gasteiger partial charge in [0.05, 0.1) is 13.2 Å². The molecular formula is C16H27NO12. The van der Waals surface area contributed by atoms with Gasteiger partial charge in [-0.05, 0) is 0 Å². The van der Waals surface area contributed by atoms with E-state index in [9.17, 15) is 40.5 Å². The molecule has 13 nitrogen and oxygen atoms in total. The van der Waals surface area contributed by atoms with E-state index in [1.807, 2.05) is 0 Å². The molecule has 2 aliphatic rings. The van der Waals surface area contributed by atoms with Gasteiger partial charge in [0.25, 0.3) is 0 Å². The molecule has 0 aromatic heterocycles. The number of amides is 1. The molecule has 0 aromatic carbocycles. The van der Waals surface area contributed by atoms with Crippen LogP contribution in [-0.2, 0) is 18.9 Å². The number of aliphatic hydroxyl groups excluding tert-OH is 7. The highest BCUT2D eigenvalue weighted by Crippen LogP contribution is 2.28. The zero-order chi connectivity index (χ0) is 21.7. The summed E-state index contributed by atoms with van der Waals surface area (Å²) in [6, 6.07) is -1.44. The van der Waals surface area contributed by atoms with Gasteiger partial charge in [0.1, 0.15) is 55.4 Å². The molecule has 0 aromatic rings. The van der Waals surface area contributed by atoms with Crippen molar-refractivity contribution < 1.29 is 59.5 Å². The maximum atomic E-state index is 11.7. The van der Waals surface area contributed by atoms with Crippen LogP contribution in [0.4, 0.5) is 4.79 Å². The van der Waals surface area contributed by atoms with Gasteiger partial charge in [-0.1, -0.05) is 12.7 Å². The Morgan fingerprint density at radius 3 is 2.21 bits per heavy atom. The largest absolute Gasteiger partial charge is 0.445 e. The molecule has 2 aliphatic heterocycles. The molecule has 1 amide bonds. The van der Waals surface area contributed by atoms with Crippen LogP contribution in [0.2, 0.25) is 0 Å². The third-order valence-corrected chi connectivity index (χ3v) is 4.63. The molecule has 2 heterocycles. The van der Waals surface area contributed by atoms with Crippen LogP contribution < -0.4 is 5.32 Å². The van der Waals surface area contributed by atoms with E-state index in [0.717, 1.165) is 0 Å². The van der Waals surface area contributed by atoms with Crippen LogP contribution in [0.25, 0.3) is 0 Å². The van der Waals surface area contributed by atoms with Crippen molar-refractivity contribution in [3.05, 3.63) is 12.7 Å². The lowest BCUT2D eigenvalue weighted by atomic mass is 9.95. The predicted octanol–water partition coefficient (Wildman–Crippen LogP) is -4.48. The Hall–Kier alpha value is -1.39. The second-order valence-electron chi connectivity index (χ2n) is 6.59. The van der Waals surface area contributed by atoms with Crippen LogP contribution in [0.1, 0.15) is 0 Å². The van der Waals surface area contributed by atoms with E-state index in [4.69, 9.17) is 18.9 Å². The third-order valence-electron chi connectivity index (χ3n) is 4.63. The zero-order valence-electron chi connectivity index (χ0n) is 15.4. The number of hydrogen-bond acceptors (Lipinski definition) is 12. The van der Waals surface area contributed by atoms with Crippen molar-refractivity contribution in [3.8, 4) is 0 Å². The summed E-state index contributed by atoms with van der Waals surface area (Å²) < 4.78 is 20.5. The molecule has 8 N–H and O–H groups in total. The van der Waals surface area contributed by atoms with E-state index in [-0.39, 0.29) is 6.61 Å². The normalized spacial score (nSPS) is 42.9. The summed E-state index contributed by atoms with van der Waals surface area (Å²) in [7, 11) is 0. The van der Waals surface area contributed by atoms with Crippen LogP contribution in [0.3, 0.4) is 0 Å². The zero-order valence-corrected chi connectivity index (χ0v) is 15.4. The van der Waals surface area contributed by atoms with Gasteiger partial charge < -0.3 is 60.0 Å². The predicted molar refractivity (Wildman–Crippen MR) is 91.1 cm³/mol. The van der Waals surface area contributed by atoms with Crippen molar-refractivity contribution in [1.29, 1.82) is 0 Å². The Bertz CT molecular complexity index is 548. The van der Waals surface area contributed by atoms with E-state index in [0.29, 0.717) is 0 Å². The fourth-order valence-electron chi connectivity index (χ4n) is 3.05. The van der Waals surface area contributed by atoms with Gasteiger partial charge >= 0.3 is 6.09 Å². The van der Waals surface area contributed by atoms with Crippen molar-refractivity contribution in [2.24, 2.45) is 0 Å². The maximum absolute atomic E-state index is 11.7. The summed E-state index contributed by atoms with van der Waals surface area (Å²) in [6.07, 6.45) is -13.8. The molecule has 0 unspecified atom stereocenters. The highest BCUT2D eigenvalue weighted by atomic mass is 16.7. The number of ether oxygens (including phenoxy) is 4. The van der Waals surface area contributed by atoms with Crippen molar-refractivity contribution in [1.82, 2.24) is 5.32 Å². The Balaban J connectivity index is 2.13. The quantitative estimate of drug-likeness (QED) is 0.182. The van der Waals surface area contributed by atoms with E-state index < -0.39 is 80.7 Å². The molecule has 10 atom stereocenters. The smallest absolute Gasteiger partial charge is 0.407 e. The van der Waals surface area contributed by atoms with E-state index >= 15 is 0 Å². The van der Waals surface area contributed by atoms with E-state index in [1.165, 1.54) is 6.08 Å². The summed E-state index contributed by atoms with van der Waals surface area (Å²) in [4.78, 5) is 11.7. The number of hydrogen-bond donors (Lipinski definition) is 8. The molecular weight excluding hydrogens is 398 g/mol. The summed E-state index contributed by atoms with van der Waals surface area (Å²) in [5.74, 6) is 0. The lowest BCUT2D eigenvalue weighted by Crippen LogP contribution is -2.67. The fraction of sp³-hybridized carbons (Fsp3) is 0.812. The number of alkyl carbamates (subject to hydrolysis) is 1. The van der Waals surface area contributed by atoms with Crippen LogP contribution >= 0.6 is 0 Å². The number of rotatable bonds is 7. The molecule has 168 valence electrons. The first-order valence-corrected chi connectivity index (χ1v) is 8.87. The van der Waals surface area contributed by atoms with Gasteiger partial charge in [-0.3, -0.25) is 0 Å². The third kappa shape index (κ3) is 5.40. The Labute approximate surface area is 165 Å². The van der Waals surface area contributed by atoms with Crippen molar-refractivity contribution in [3.63, 3.8) is 0 Å². The van der Waals surface area contributed by atoms with Crippen LogP contribution in [0, 0.1) is 0 Å². The van der Waals surface area contributed by atoms with Crippen LogP contribution in [-0.4, -0.2) is 123 Å². The highest BCUT2D eigenvalue weighted by Gasteiger charge is 2.50. The van der Waals surface area contributed by atoms with Crippen molar-refractivity contribution >= 4 is 6.09 Å². The molecule has 13 heteroatoms. The molecule has 2 saturated heterocycles. The first kappa shape index (κ1) is 23.9. The second-order valence-corrected chi connectivity index (χ2v) is 6.59. The summed E-state index contributed by atoms with van der Waals surface area (Å²) in [5, 5.41) is 71.2. The number of carbonyl (C=O) groups is 1. The molecule has 0 radical (unpaired) electrons. The molecule has 2 fully saturated rings. The minimum Gasteiger partial charge on any atom is -0.445 e. The molecule has 29 heavy (non-hydrogen) atoms. The molecule has 2 rings (SSSR count). The Kier molecular flexibility index (Phi) is 8.72. The maximum Gasteiger partial charge on any atom is 0.407 e. The van der Waals surface area contributed by atoms with E-state index in [2.05, 4.69) is 11.9 Å². The number of aliphatic hydroxyl groups is 7. The first-order valence-electron chi connectivity index (χ1n) is 8.87. The van der Waals surface area contributed by atoms with Gasteiger partial charge in [0.2, 0.25) is 0 Å². The van der Waals surface area contributed by atoms with Crippen LogP contribution in [0.5, 0.6) is 0 Å². The first-order chi connectivity index (χ1) is 13.7. The second kappa shape index (κ2) is 10.6. The van der Waals surface area contributed by atoms with Crippen molar-refractivity contribution in [2.45, 2.75) is 61.3 Å². The Morgan fingerprint density at radius 2 is 1.62 bits per heavy atom. The molecule has 0 aliphatic carbocycles. The van der Waals surface area contributed by atoms with Gasteiger partial charge in [0, 0.05) is 0 Å². The minimum absolute atomic E-state index is 0.129. The average Bonchev–Trinajstić information content (AvgIpc) is 2.71. The van der Waals surface area contributed by atoms with Crippen molar-refractivity contribution in [2.75, 3.05) is 19.8 Å². The number of nitrogens with one attached hydrogen (secondary N) is 1. The summed E-state index contributed by atoms with van der Waals surface area (Å²) >= 11 is 0.